The van der Waals surface area contributed by atoms with E-state index in [1.165, 1.54) is 6.07 Å². The molecule has 0 aliphatic carbocycles. The van der Waals surface area contributed by atoms with E-state index < -0.39 is 17.3 Å². The van der Waals surface area contributed by atoms with Crippen LogP contribution >= 0.6 is 0 Å². The zero-order valence-electron chi connectivity index (χ0n) is 11.5. The first-order chi connectivity index (χ1) is 9.82. The molecule has 108 valence electrons. The van der Waals surface area contributed by atoms with Gasteiger partial charge >= 0.3 is 6.18 Å². The maximum absolute atomic E-state index is 12.7. The van der Waals surface area contributed by atoms with Crippen LogP contribution in [-0.4, -0.2) is 0 Å². The monoisotopic (exact) mass is 291 g/mol. The highest BCUT2D eigenvalue weighted by molar-refractivity contribution is 5.47. The molecular formula is C16H12F3NO. The van der Waals surface area contributed by atoms with E-state index in [2.05, 4.69) is 0 Å². The van der Waals surface area contributed by atoms with Crippen molar-refractivity contribution >= 4 is 0 Å². The minimum absolute atomic E-state index is 0.202. The normalized spacial score (nSPS) is 11.0. The molecule has 2 aromatic rings. The lowest BCUT2D eigenvalue weighted by atomic mass is 10.1. The molecule has 0 saturated carbocycles. The number of rotatable bonds is 2. The van der Waals surface area contributed by atoms with Crippen molar-refractivity contribution in [2.75, 3.05) is 0 Å². The van der Waals surface area contributed by atoms with Gasteiger partial charge in [-0.1, -0.05) is 12.1 Å². The molecule has 2 aromatic carbocycles. The molecule has 0 aromatic heterocycles. The van der Waals surface area contributed by atoms with Gasteiger partial charge in [0.05, 0.1) is 17.2 Å². The summed E-state index contributed by atoms with van der Waals surface area (Å²) < 4.78 is 43.7. The van der Waals surface area contributed by atoms with Crippen LogP contribution in [0.3, 0.4) is 0 Å². The van der Waals surface area contributed by atoms with Gasteiger partial charge in [-0.15, -0.1) is 0 Å². The molecule has 0 radical (unpaired) electrons. The summed E-state index contributed by atoms with van der Waals surface area (Å²) in [4.78, 5) is 0. The number of hydrogen-bond acceptors (Lipinski definition) is 2. The van der Waals surface area contributed by atoms with Crippen LogP contribution in [0.1, 0.15) is 22.3 Å². The van der Waals surface area contributed by atoms with Crippen molar-refractivity contribution in [1.29, 1.82) is 5.26 Å². The molecule has 0 saturated heterocycles. The first-order valence-electron chi connectivity index (χ1n) is 6.18. The van der Waals surface area contributed by atoms with Crippen molar-refractivity contribution in [3.8, 4) is 17.6 Å². The Labute approximate surface area is 120 Å². The summed E-state index contributed by atoms with van der Waals surface area (Å²) in [5.74, 6) is 0.756. The van der Waals surface area contributed by atoms with Crippen LogP contribution < -0.4 is 4.74 Å². The Morgan fingerprint density at radius 3 is 2.43 bits per heavy atom. The van der Waals surface area contributed by atoms with Crippen LogP contribution in [0.15, 0.2) is 36.4 Å². The SMILES string of the molecule is Cc1cccc(Oc2ccc(C(F)(F)F)c(C#N)c2)c1C. The summed E-state index contributed by atoms with van der Waals surface area (Å²) in [6, 6.07) is 10.2. The Balaban J connectivity index is 2.39. The van der Waals surface area contributed by atoms with E-state index in [0.29, 0.717) is 5.75 Å². The van der Waals surface area contributed by atoms with E-state index in [0.717, 1.165) is 23.3 Å². The summed E-state index contributed by atoms with van der Waals surface area (Å²) in [5.41, 5.74) is 0.499. The lowest BCUT2D eigenvalue weighted by Gasteiger charge is -2.13. The molecule has 0 fully saturated rings. The lowest BCUT2D eigenvalue weighted by Crippen LogP contribution is -2.07. The zero-order valence-corrected chi connectivity index (χ0v) is 11.5. The Bertz CT molecular complexity index is 714. The molecule has 0 heterocycles. The van der Waals surface area contributed by atoms with Gasteiger partial charge in [-0.05, 0) is 49.2 Å². The van der Waals surface area contributed by atoms with Crippen LogP contribution in [0.25, 0.3) is 0 Å². The lowest BCUT2D eigenvalue weighted by molar-refractivity contribution is -0.137. The standard InChI is InChI=1S/C16H12F3NO/c1-10-4-3-5-15(11(10)2)21-13-6-7-14(16(17,18)19)12(8-13)9-20/h3-8H,1-2H3. The Morgan fingerprint density at radius 2 is 1.81 bits per heavy atom. The average Bonchev–Trinajstić information content (AvgIpc) is 2.42. The van der Waals surface area contributed by atoms with Gasteiger partial charge < -0.3 is 4.74 Å². The maximum atomic E-state index is 12.7. The van der Waals surface area contributed by atoms with Gasteiger partial charge in [0.25, 0.3) is 0 Å². The smallest absolute Gasteiger partial charge is 0.417 e. The molecule has 21 heavy (non-hydrogen) atoms. The van der Waals surface area contributed by atoms with Gasteiger partial charge in [-0.25, -0.2) is 0 Å². The Kier molecular flexibility index (Phi) is 3.90. The molecule has 5 heteroatoms. The Morgan fingerprint density at radius 1 is 1.10 bits per heavy atom. The average molecular weight is 291 g/mol. The summed E-state index contributed by atoms with van der Waals surface area (Å²) in [6.07, 6.45) is -4.55. The molecule has 0 aliphatic heterocycles. The maximum Gasteiger partial charge on any atom is 0.417 e. The molecule has 0 aliphatic rings. The van der Waals surface area contributed by atoms with Gasteiger partial charge in [0.2, 0.25) is 0 Å². The number of alkyl halides is 3. The van der Waals surface area contributed by atoms with Crippen LogP contribution in [0, 0.1) is 25.2 Å². The third-order valence-corrected chi connectivity index (χ3v) is 3.20. The summed E-state index contributed by atoms with van der Waals surface area (Å²) in [5, 5.41) is 8.87. The van der Waals surface area contributed by atoms with Crippen LogP contribution in [0.4, 0.5) is 13.2 Å². The van der Waals surface area contributed by atoms with Gasteiger partial charge in [0.1, 0.15) is 11.5 Å². The Hall–Kier alpha value is -2.48. The van der Waals surface area contributed by atoms with Crippen LogP contribution in [0.5, 0.6) is 11.5 Å². The number of benzene rings is 2. The first-order valence-corrected chi connectivity index (χ1v) is 6.18. The number of hydrogen-bond donors (Lipinski definition) is 0. The van der Waals surface area contributed by atoms with Crippen molar-refractivity contribution in [3.05, 3.63) is 58.7 Å². The minimum Gasteiger partial charge on any atom is -0.457 e. The third kappa shape index (κ3) is 3.16. The predicted molar refractivity (Wildman–Crippen MR) is 72.1 cm³/mol. The summed E-state index contributed by atoms with van der Waals surface area (Å²) in [7, 11) is 0. The highest BCUT2D eigenvalue weighted by Gasteiger charge is 2.33. The van der Waals surface area contributed by atoms with E-state index in [1.54, 1.807) is 18.2 Å². The molecule has 0 N–H and O–H groups in total. The van der Waals surface area contributed by atoms with Crippen molar-refractivity contribution in [2.24, 2.45) is 0 Å². The molecule has 0 atom stereocenters. The molecule has 2 rings (SSSR count). The van der Waals surface area contributed by atoms with Gasteiger partial charge in [-0.3, -0.25) is 0 Å². The molecule has 2 nitrogen and oxygen atoms in total. The highest BCUT2D eigenvalue weighted by Crippen LogP contribution is 2.35. The molecule has 0 spiro atoms. The summed E-state index contributed by atoms with van der Waals surface area (Å²) >= 11 is 0. The van der Waals surface area contributed by atoms with Crippen LogP contribution in [0.2, 0.25) is 0 Å². The molecular weight excluding hydrogens is 279 g/mol. The van der Waals surface area contributed by atoms with Gasteiger partial charge in [0, 0.05) is 0 Å². The van der Waals surface area contributed by atoms with E-state index in [9.17, 15) is 13.2 Å². The topological polar surface area (TPSA) is 33.0 Å². The number of nitriles is 1. The quantitative estimate of drug-likeness (QED) is 0.781. The number of halogens is 3. The number of nitrogens with zero attached hydrogens (tertiary/aromatic N) is 1. The molecule has 0 amide bonds. The molecule has 0 unspecified atom stereocenters. The highest BCUT2D eigenvalue weighted by atomic mass is 19.4. The zero-order chi connectivity index (χ0) is 15.6. The second-order valence-corrected chi connectivity index (χ2v) is 4.62. The minimum atomic E-state index is -4.55. The number of aryl methyl sites for hydroxylation is 1. The first kappa shape index (κ1) is 14.9. The van der Waals surface area contributed by atoms with Crippen molar-refractivity contribution in [1.82, 2.24) is 0 Å². The van der Waals surface area contributed by atoms with Crippen molar-refractivity contribution < 1.29 is 17.9 Å². The largest absolute Gasteiger partial charge is 0.457 e. The number of ether oxygens (including phenoxy) is 1. The van der Waals surface area contributed by atoms with Crippen LogP contribution in [-0.2, 0) is 6.18 Å². The van der Waals surface area contributed by atoms with Crippen molar-refractivity contribution in [2.45, 2.75) is 20.0 Å². The van der Waals surface area contributed by atoms with Gasteiger partial charge in [0.15, 0.2) is 0 Å². The van der Waals surface area contributed by atoms with E-state index in [4.69, 9.17) is 10.00 Å². The third-order valence-electron chi connectivity index (χ3n) is 3.20. The van der Waals surface area contributed by atoms with Gasteiger partial charge in [-0.2, -0.15) is 18.4 Å². The fourth-order valence-electron chi connectivity index (χ4n) is 1.89. The van der Waals surface area contributed by atoms with Crippen molar-refractivity contribution in [3.63, 3.8) is 0 Å². The van der Waals surface area contributed by atoms with E-state index >= 15 is 0 Å². The second kappa shape index (κ2) is 5.49. The van der Waals surface area contributed by atoms with E-state index in [1.807, 2.05) is 19.9 Å². The summed E-state index contributed by atoms with van der Waals surface area (Å²) in [6.45, 7) is 3.77. The predicted octanol–water partition coefficient (Wildman–Crippen LogP) is 4.99. The fraction of sp³-hybridized carbons (Fsp3) is 0.188. The van der Waals surface area contributed by atoms with E-state index in [-0.39, 0.29) is 5.75 Å². The fourth-order valence-corrected chi connectivity index (χ4v) is 1.89. The second-order valence-electron chi connectivity index (χ2n) is 4.62. The molecule has 0 bridgehead atoms.